The van der Waals surface area contributed by atoms with E-state index in [0.717, 1.165) is 44.3 Å². The minimum absolute atomic E-state index is 0.529. The summed E-state index contributed by atoms with van der Waals surface area (Å²) in [6.07, 6.45) is 1.16. The molecule has 1 fully saturated rings. The van der Waals surface area contributed by atoms with Gasteiger partial charge in [0.05, 0.1) is 23.3 Å². The van der Waals surface area contributed by atoms with Crippen LogP contribution in [0, 0.1) is 0 Å². The third-order valence-electron chi connectivity index (χ3n) is 6.99. The summed E-state index contributed by atoms with van der Waals surface area (Å²) in [5.41, 5.74) is 4.50. The summed E-state index contributed by atoms with van der Waals surface area (Å²) in [7, 11) is 7.34. The van der Waals surface area contributed by atoms with E-state index >= 15 is 0 Å². The Hall–Kier alpha value is -3.62. The van der Waals surface area contributed by atoms with Crippen molar-refractivity contribution in [2.45, 2.75) is 24.0 Å². The topological polar surface area (TPSA) is 120 Å². The van der Waals surface area contributed by atoms with Gasteiger partial charge >= 0.3 is 0 Å². The summed E-state index contributed by atoms with van der Waals surface area (Å²) in [5, 5.41) is 43.6. The zero-order chi connectivity index (χ0) is 24.0. The molecule has 4 N–H and O–H groups in total. The second-order valence-corrected chi connectivity index (χ2v) is 8.55. The molecule has 4 aromatic rings. The molecule has 0 saturated heterocycles. The third kappa shape index (κ3) is 3.13. The van der Waals surface area contributed by atoms with E-state index in [4.69, 9.17) is 0 Å². The highest BCUT2D eigenvalue weighted by atomic mass is 16.3. The first-order valence-electron chi connectivity index (χ1n) is 11.4. The van der Waals surface area contributed by atoms with Gasteiger partial charge in [-0.25, -0.2) is 0 Å². The van der Waals surface area contributed by atoms with Crippen LogP contribution < -0.4 is 31.5 Å². The Kier molecular flexibility index (Phi) is 5.63. The lowest BCUT2D eigenvalue weighted by Crippen LogP contribution is -2.64. The molecule has 8 heteroatoms. The quantitative estimate of drug-likeness (QED) is 0.349. The number of nitrogens with one attached hydrogen (secondary N) is 4. The van der Waals surface area contributed by atoms with Crippen LogP contribution >= 0.6 is 0 Å². The van der Waals surface area contributed by atoms with Gasteiger partial charge in [-0.05, 0) is 24.0 Å². The molecule has 0 spiro atoms. The average Bonchev–Trinajstić information content (AvgIpc) is 2.88. The molecular formula is C26H28N6O2-2. The smallest absolute Gasteiger partial charge is 0.0659 e. The van der Waals surface area contributed by atoms with Gasteiger partial charge in [0.2, 0.25) is 0 Å². The van der Waals surface area contributed by atoms with E-state index < -0.39 is 24.0 Å². The van der Waals surface area contributed by atoms with E-state index in [2.05, 4.69) is 31.2 Å². The fourth-order valence-electron chi connectivity index (χ4n) is 5.29. The number of fused-ring (bicyclic) bond motifs is 2. The van der Waals surface area contributed by atoms with Crippen LogP contribution in [0.5, 0.6) is 0 Å². The van der Waals surface area contributed by atoms with Crippen LogP contribution in [0.3, 0.4) is 0 Å². The maximum absolute atomic E-state index is 13.6. The third-order valence-corrected chi connectivity index (χ3v) is 6.99. The lowest BCUT2D eigenvalue weighted by molar-refractivity contribution is -0.536. The normalized spacial score (nSPS) is 21.8. The molecule has 0 bridgehead atoms. The molecule has 176 valence electrons. The lowest BCUT2D eigenvalue weighted by Gasteiger charge is -2.61. The van der Waals surface area contributed by atoms with Crippen LogP contribution in [0.2, 0.25) is 0 Å². The van der Waals surface area contributed by atoms with Gasteiger partial charge in [0.1, 0.15) is 0 Å². The van der Waals surface area contributed by atoms with Crippen LogP contribution in [-0.4, -0.2) is 50.4 Å². The van der Waals surface area contributed by atoms with Gasteiger partial charge in [0, 0.05) is 73.0 Å². The Balaban J connectivity index is 1.60. The largest absolute Gasteiger partial charge is 0.851 e. The van der Waals surface area contributed by atoms with Crippen LogP contribution in [-0.2, 0) is 0 Å². The summed E-state index contributed by atoms with van der Waals surface area (Å²) in [5.74, 6) is -1.50. The lowest BCUT2D eigenvalue weighted by atomic mass is 9.64. The SMILES string of the molecule is CNc1cccc2cnc(C3C([O-])C(c4ncc(NC)c5c(NC)cccc45)C3[O-])c(NC)c12. The maximum atomic E-state index is 13.6. The van der Waals surface area contributed by atoms with Crippen LogP contribution in [0.1, 0.15) is 23.2 Å². The standard InChI is InChI=1S/C26H28N6O2/c1-27-15-9-5-7-13-11-31-24(23(30-4)18(13)15)21-25(33)20(26(21)34)22-14-8-6-10-16(28-2)19(14)17(29-3)12-32-22/h5-12,20-21,25-30H,1-4H3/q-2. The van der Waals surface area contributed by atoms with E-state index in [0.29, 0.717) is 11.4 Å². The van der Waals surface area contributed by atoms with Gasteiger partial charge in [0.25, 0.3) is 0 Å². The molecule has 1 aliphatic carbocycles. The second kappa shape index (κ2) is 8.62. The molecule has 0 amide bonds. The summed E-state index contributed by atoms with van der Waals surface area (Å²) >= 11 is 0. The number of aromatic nitrogens is 2. The number of anilines is 4. The number of nitrogens with zero attached hydrogens (tertiary/aromatic N) is 2. The Morgan fingerprint density at radius 1 is 0.647 bits per heavy atom. The number of rotatable bonds is 6. The molecule has 2 aromatic heterocycles. The number of hydrogen-bond acceptors (Lipinski definition) is 8. The molecule has 34 heavy (non-hydrogen) atoms. The highest BCUT2D eigenvalue weighted by Gasteiger charge is 2.42. The van der Waals surface area contributed by atoms with Crippen molar-refractivity contribution in [1.82, 2.24) is 9.97 Å². The molecule has 1 saturated carbocycles. The molecule has 0 aliphatic heterocycles. The van der Waals surface area contributed by atoms with E-state index in [9.17, 15) is 10.2 Å². The summed E-state index contributed by atoms with van der Waals surface area (Å²) < 4.78 is 0. The summed E-state index contributed by atoms with van der Waals surface area (Å²) in [6.45, 7) is 0. The van der Waals surface area contributed by atoms with Gasteiger partial charge in [-0.3, -0.25) is 9.97 Å². The van der Waals surface area contributed by atoms with Crippen LogP contribution in [0.15, 0.2) is 48.8 Å². The summed E-state index contributed by atoms with van der Waals surface area (Å²) in [6, 6.07) is 11.7. The highest BCUT2D eigenvalue weighted by Crippen LogP contribution is 2.49. The number of benzene rings is 2. The molecule has 2 aromatic carbocycles. The molecule has 2 atom stereocenters. The van der Waals surface area contributed by atoms with Crippen molar-refractivity contribution in [3.63, 3.8) is 0 Å². The minimum Gasteiger partial charge on any atom is -0.851 e. The molecule has 8 nitrogen and oxygen atoms in total. The van der Waals surface area contributed by atoms with Gasteiger partial charge in [-0.1, -0.05) is 24.3 Å². The average molecular weight is 457 g/mol. The van der Waals surface area contributed by atoms with Gasteiger partial charge in [-0.15, -0.1) is 12.2 Å². The Bertz CT molecular complexity index is 1350. The van der Waals surface area contributed by atoms with Gasteiger partial charge in [0.15, 0.2) is 0 Å². The van der Waals surface area contributed by atoms with Crippen molar-refractivity contribution in [1.29, 1.82) is 0 Å². The van der Waals surface area contributed by atoms with Crippen molar-refractivity contribution in [3.8, 4) is 0 Å². The second-order valence-electron chi connectivity index (χ2n) is 8.55. The number of pyridine rings is 2. The first kappa shape index (κ1) is 22.2. The van der Waals surface area contributed by atoms with E-state index in [1.807, 2.05) is 57.5 Å². The van der Waals surface area contributed by atoms with E-state index in [1.54, 1.807) is 19.4 Å². The zero-order valence-corrected chi connectivity index (χ0v) is 19.6. The first-order chi connectivity index (χ1) is 16.5. The monoisotopic (exact) mass is 456 g/mol. The van der Waals surface area contributed by atoms with Crippen LogP contribution in [0.25, 0.3) is 21.5 Å². The maximum Gasteiger partial charge on any atom is 0.0659 e. The van der Waals surface area contributed by atoms with Crippen molar-refractivity contribution in [3.05, 3.63) is 60.2 Å². The van der Waals surface area contributed by atoms with E-state index in [1.165, 1.54) is 0 Å². The fraction of sp³-hybridized carbons (Fsp3) is 0.308. The number of hydrogen-bond donors (Lipinski definition) is 4. The first-order valence-corrected chi connectivity index (χ1v) is 11.4. The Labute approximate surface area is 198 Å². The van der Waals surface area contributed by atoms with Gasteiger partial charge < -0.3 is 31.5 Å². The van der Waals surface area contributed by atoms with Crippen molar-refractivity contribution in [2.24, 2.45) is 0 Å². The molecule has 2 unspecified atom stereocenters. The van der Waals surface area contributed by atoms with Gasteiger partial charge in [-0.2, -0.15) is 0 Å². The Morgan fingerprint density at radius 3 is 1.88 bits per heavy atom. The predicted molar refractivity (Wildman–Crippen MR) is 135 cm³/mol. The Morgan fingerprint density at radius 2 is 1.24 bits per heavy atom. The summed E-state index contributed by atoms with van der Waals surface area (Å²) in [4.78, 5) is 9.18. The highest BCUT2D eigenvalue weighted by molar-refractivity contribution is 6.05. The molecular weight excluding hydrogens is 428 g/mol. The minimum atomic E-state index is -1.14. The van der Waals surface area contributed by atoms with Crippen LogP contribution in [0.4, 0.5) is 22.7 Å². The molecule has 1 aliphatic rings. The van der Waals surface area contributed by atoms with Crippen molar-refractivity contribution >= 4 is 44.3 Å². The molecule has 0 radical (unpaired) electrons. The van der Waals surface area contributed by atoms with Crippen molar-refractivity contribution in [2.75, 3.05) is 49.5 Å². The fourth-order valence-corrected chi connectivity index (χ4v) is 5.29. The zero-order valence-electron chi connectivity index (χ0n) is 19.6. The van der Waals surface area contributed by atoms with E-state index in [-0.39, 0.29) is 0 Å². The molecule has 2 heterocycles. The predicted octanol–water partition coefficient (Wildman–Crippen LogP) is 2.29. The molecule has 5 rings (SSSR count). The van der Waals surface area contributed by atoms with Crippen molar-refractivity contribution < 1.29 is 10.2 Å².